The lowest BCUT2D eigenvalue weighted by Gasteiger charge is -1.65. The maximum absolute atomic E-state index is 3.38. The molecule has 0 N–H and O–H groups in total. The molecule has 1 rings (SSSR count). The van der Waals surface area contributed by atoms with E-state index < -0.39 is 0 Å². The second-order valence-electron chi connectivity index (χ2n) is 1.43. The van der Waals surface area contributed by atoms with Gasteiger partial charge in [-0.1, -0.05) is 6.92 Å². The fourth-order valence-electron chi connectivity index (χ4n) is 0.228. The highest BCUT2D eigenvalue weighted by molar-refractivity contribution is 6.15. The van der Waals surface area contributed by atoms with E-state index in [4.69, 9.17) is 0 Å². The van der Waals surface area contributed by atoms with E-state index in [2.05, 4.69) is 23.6 Å². The highest BCUT2D eigenvalue weighted by Gasteiger charge is 2.27. The molecule has 5 radical (unpaired) electrons. The van der Waals surface area contributed by atoms with Crippen molar-refractivity contribution < 1.29 is 0 Å². The molecule has 0 nitrogen and oxygen atoms in total. The first kappa shape index (κ1) is 3.41. The second-order valence-corrected chi connectivity index (χ2v) is 2.06. The molecule has 0 amide bonds. The SMILES string of the molecule is CC1[C]C1[Si]. The molecule has 1 heteroatoms. The van der Waals surface area contributed by atoms with Crippen LogP contribution in [0.15, 0.2) is 0 Å². The summed E-state index contributed by atoms with van der Waals surface area (Å²) < 4.78 is 0. The Morgan fingerprint density at radius 1 is 1.80 bits per heavy atom. The summed E-state index contributed by atoms with van der Waals surface area (Å²) in [7, 11) is 3.38. The van der Waals surface area contributed by atoms with Crippen molar-refractivity contribution >= 4 is 10.2 Å². The van der Waals surface area contributed by atoms with Gasteiger partial charge >= 0.3 is 0 Å². The molecule has 0 heterocycles. The van der Waals surface area contributed by atoms with E-state index in [0.717, 1.165) is 0 Å². The lowest BCUT2D eigenvalue weighted by atomic mass is 10.5. The van der Waals surface area contributed by atoms with Crippen LogP contribution in [0.1, 0.15) is 6.92 Å². The van der Waals surface area contributed by atoms with E-state index in [9.17, 15) is 0 Å². The summed E-state index contributed by atoms with van der Waals surface area (Å²) in [5.74, 6) is 0.715. The minimum absolute atomic E-state index is 0.606. The fraction of sp³-hybridized carbons (Fsp3) is 0.750. The molecular weight excluding hydrogens is 76.1 g/mol. The smallest absolute Gasteiger partial charge is 0.0278 e. The number of rotatable bonds is 0. The van der Waals surface area contributed by atoms with Gasteiger partial charge in [0.1, 0.15) is 0 Å². The third kappa shape index (κ3) is 0.536. The summed E-state index contributed by atoms with van der Waals surface area (Å²) in [6, 6.07) is 0. The molecule has 0 saturated heterocycles. The van der Waals surface area contributed by atoms with Crippen molar-refractivity contribution in [1.82, 2.24) is 0 Å². The predicted octanol–water partition coefficient (Wildman–Crippen LogP) is 0.674. The molecule has 1 saturated carbocycles. The molecule has 0 spiro atoms. The molecule has 1 fully saturated rings. The van der Waals surface area contributed by atoms with Gasteiger partial charge in [-0.25, -0.2) is 0 Å². The summed E-state index contributed by atoms with van der Waals surface area (Å²) in [5.41, 5.74) is 0.606. The zero-order chi connectivity index (χ0) is 3.86. The summed E-state index contributed by atoms with van der Waals surface area (Å²) in [4.78, 5) is 0. The minimum atomic E-state index is 0.606. The first-order valence-electron chi connectivity index (χ1n) is 1.78. The van der Waals surface area contributed by atoms with E-state index >= 15 is 0 Å². The van der Waals surface area contributed by atoms with Crippen LogP contribution in [0.25, 0.3) is 0 Å². The van der Waals surface area contributed by atoms with Crippen molar-refractivity contribution in [2.75, 3.05) is 0 Å². The van der Waals surface area contributed by atoms with Crippen molar-refractivity contribution in [3.8, 4) is 0 Å². The van der Waals surface area contributed by atoms with Crippen LogP contribution in [0.3, 0.4) is 0 Å². The molecule has 0 aromatic heterocycles. The van der Waals surface area contributed by atoms with Crippen LogP contribution in [0.4, 0.5) is 0 Å². The quantitative estimate of drug-likeness (QED) is 0.376. The van der Waals surface area contributed by atoms with Crippen molar-refractivity contribution in [1.29, 1.82) is 0 Å². The van der Waals surface area contributed by atoms with E-state index in [1.807, 2.05) is 0 Å². The first-order chi connectivity index (χ1) is 2.30. The van der Waals surface area contributed by atoms with Crippen LogP contribution < -0.4 is 0 Å². The largest absolute Gasteiger partial charge is 0.0619 e. The molecule has 2 unspecified atom stereocenters. The van der Waals surface area contributed by atoms with Crippen LogP contribution in [0.2, 0.25) is 5.54 Å². The van der Waals surface area contributed by atoms with Crippen LogP contribution in [-0.4, -0.2) is 10.2 Å². The number of hydrogen-bond acceptors (Lipinski definition) is 0. The Bertz CT molecular complexity index is 36.9. The van der Waals surface area contributed by atoms with Crippen LogP contribution in [0, 0.1) is 12.3 Å². The van der Waals surface area contributed by atoms with Gasteiger partial charge in [-0.05, 0) is 17.9 Å². The van der Waals surface area contributed by atoms with Crippen LogP contribution in [0.5, 0.6) is 0 Å². The summed E-state index contributed by atoms with van der Waals surface area (Å²) >= 11 is 0. The maximum Gasteiger partial charge on any atom is 0.0278 e. The Hall–Kier alpha value is 0.217. The lowest BCUT2D eigenvalue weighted by Crippen LogP contribution is -1.59. The minimum Gasteiger partial charge on any atom is -0.0619 e. The zero-order valence-electron chi connectivity index (χ0n) is 3.15. The Balaban J connectivity index is 2.20. The van der Waals surface area contributed by atoms with E-state index in [1.165, 1.54) is 0 Å². The topological polar surface area (TPSA) is 0 Å². The molecular formula is C4H5Si. The Morgan fingerprint density at radius 2 is 2.00 bits per heavy atom. The normalized spacial score (nSPS) is 49.2. The summed E-state index contributed by atoms with van der Waals surface area (Å²) in [6.45, 7) is 2.14. The van der Waals surface area contributed by atoms with Gasteiger partial charge in [0.2, 0.25) is 0 Å². The molecule has 5 heavy (non-hydrogen) atoms. The van der Waals surface area contributed by atoms with E-state index in [-0.39, 0.29) is 0 Å². The molecule has 0 aromatic rings. The molecule has 1 aliphatic rings. The van der Waals surface area contributed by atoms with Gasteiger partial charge in [0.05, 0.1) is 0 Å². The zero-order valence-corrected chi connectivity index (χ0v) is 4.15. The van der Waals surface area contributed by atoms with Gasteiger partial charge in [0, 0.05) is 10.2 Å². The third-order valence-corrected chi connectivity index (χ3v) is 1.50. The molecule has 25 valence electrons. The van der Waals surface area contributed by atoms with Crippen LogP contribution >= 0.6 is 0 Å². The van der Waals surface area contributed by atoms with Gasteiger partial charge in [-0.3, -0.25) is 0 Å². The van der Waals surface area contributed by atoms with Crippen molar-refractivity contribution in [3.63, 3.8) is 0 Å². The van der Waals surface area contributed by atoms with Crippen molar-refractivity contribution in [2.45, 2.75) is 12.5 Å². The monoisotopic (exact) mass is 81.0 g/mol. The standard InChI is InChI=1S/C4H5Si/c1-3-2-4(3)5/h3-4H,1H3. The van der Waals surface area contributed by atoms with Gasteiger partial charge in [0.25, 0.3) is 0 Å². The summed E-state index contributed by atoms with van der Waals surface area (Å²) in [5, 5.41) is 0. The molecule has 0 bridgehead atoms. The van der Waals surface area contributed by atoms with Gasteiger partial charge < -0.3 is 0 Å². The lowest BCUT2D eigenvalue weighted by molar-refractivity contribution is 1.01. The Labute approximate surface area is 36.0 Å². The molecule has 2 atom stereocenters. The Morgan fingerprint density at radius 3 is 2.00 bits per heavy atom. The average Bonchev–Trinajstić information content (AvgIpc) is 1.79. The molecule has 1 aliphatic carbocycles. The number of hydrogen-bond donors (Lipinski definition) is 0. The van der Waals surface area contributed by atoms with Crippen molar-refractivity contribution in [3.05, 3.63) is 6.42 Å². The second kappa shape index (κ2) is 0.838. The average molecular weight is 81.2 g/mol. The first-order valence-corrected chi connectivity index (χ1v) is 2.35. The summed E-state index contributed by atoms with van der Waals surface area (Å²) in [6.07, 6.45) is 3.11. The highest BCUT2D eigenvalue weighted by atomic mass is 28.1. The van der Waals surface area contributed by atoms with Gasteiger partial charge in [-0.2, -0.15) is 0 Å². The molecule has 0 aromatic carbocycles. The maximum atomic E-state index is 3.38. The van der Waals surface area contributed by atoms with E-state index in [0.29, 0.717) is 11.5 Å². The predicted molar refractivity (Wildman–Crippen MR) is 21.9 cm³/mol. The van der Waals surface area contributed by atoms with Gasteiger partial charge in [0.15, 0.2) is 0 Å². The Kier molecular flexibility index (Phi) is 0.571. The highest BCUT2D eigenvalue weighted by Crippen LogP contribution is 2.38. The van der Waals surface area contributed by atoms with Crippen LogP contribution in [-0.2, 0) is 0 Å². The van der Waals surface area contributed by atoms with Crippen molar-refractivity contribution in [2.24, 2.45) is 5.92 Å². The third-order valence-electron chi connectivity index (χ3n) is 0.833. The fourth-order valence-corrected chi connectivity index (χ4v) is 0.491. The van der Waals surface area contributed by atoms with E-state index in [1.54, 1.807) is 0 Å². The molecule has 0 aliphatic heterocycles. The van der Waals surface area contributed by atoms with Gasteiger partial charge in [-0.15, -0.1) is 0 Å².